The molecule has 2 fully saturated rings. The van der Waals surface area contributed by atoms with Gasteiger partial charge in [-0.1, -0.05) is 39.0 Å². The molecule has 1 saturated carbocycles. The fraction of sp³-hybridized carbons (Fsp3) is 0.682. The first-order valence-corrected chi connectivity index (χ1v) is 10.2. The average molecular weight is 358 g/mol. The highest BCUT2D eigenvalue weighted by Gasteiger charge is 2.33. The van der Waals surface area contributed by atoms with Crippen molar-refractivity contribution in [3.05, 3.63) is 30.3 Å². The number of rotatable bonds is 5. The Morgan fingerprint density at radius 3 is 2.46 bits per heavy atom. The number of piperidine rings is 1. The van der Waals surface area contributed by atoms with Crippen molar-refractivity contribution >= 4 is 11.6 Å². The van der Waals surface area contributed by atoms with Crippen molar-refractivity contribution in [3.8, 4) is 0 Å². The van der Waals surface area contributed by atoms with E-state index in [2.05, 4.69) is 36.3 Å². The van der Waals surface area contributed by atoms with Crippen molar-refractivity contribution < 1.29 is 4.79 Å². The van der Waals surface area contributed by atoms with Crippen LogP contribution in [0.2, 0.25) is 0 Å². The lowest BCUT2D eigenvalue weighted by atomic mass is 9.70. The van der Waals surface area contributed by atoms with Crippen LogP contribution in [0, 0.1) is 11.3 Å². The molecule has 3 rings (SSSR count). The summed E-state index contributed by atoms with van der Waals surface area (Å²) in [5.74, 6) is 0.906. The lowest BCUT2D eigenvalue weighted by Crippen LogP contribution is -2.50. The predicted octanol–water partition coefficient (Wildman–Crippen LogP) is 3.89. The summed E-state index contributed by atoms with van der Waals surface area (Å²) in [7, 11) is 0. The summed E-state index contributed by atoms with van der Waals surface area (Å²) in [5.41, 5.74) is 1.34. The van der Waals surface area contributed by atoms with Gasteiger partial charge in [0.05, 0.1) is 6.54 Å². The molecule has 1 saturated heterocycles. The summed E-state index contributed by atoms with van der Waals surface area (Å²) < 4.78 is 0. The van der Waals surface area contributed by atoms with Crippen LogP contribution in [0.15, 0.2) is 30.3 Å². The number of carbonyl (C=O) groups is 1. The topological polar surface area (TPSA) is 44.4 Å². The van der Waals surface area contributed by atoms with E-state index in [-0.39, 0.29) is 5.91 Å². The summed E-state index contributed by atoms with van der Waals surface area (Å²) in [6, 6.07) is 11.0. The van der Waals surface area contributed by atoms with Crippen molar-refractivity contribution in [1.29, 1.82) is 0 Å². The van der Waals surface area contributed by atoms with Gasteiger partial charge < -0.3 is 10.6 Å². The molecule has 1 aliphatic carbocycles. The van der Waals surface area contributed by atoms with E-state index in [1.165, 1.54) is 19.3 Å². The molecule has 1 heterocycles. The van der Waals surface area contributed by atoms with Gasteiger partial charge in [-0.05, 0) is 55.6 Å². The molecular formula is C22H35N3O. The summed E-state index contributed by atoms with van der Waals surface area (Å²) in [5, 5.41) is 6.91. The predicted molar refractivity (Wildman–Crippen MR) is 108 cm³/mol. The molecule has 26 heavy (non-hydrogen) atoms. The number of likely N-dealkylation sites (tertiary alicyclic amines) is 1. The first-order valence-electron chi connectivity index (χ1n) is 10.2. The molecule has 1 aliphatic heterocycles. The van der Waals surface area contributed by atoms with Gasteiger partial charge in [-0.25, -0.2) is 0 Å². The maximum atomic E-state index is 12.2. The fourth-order valence-electron chi connectivity index (χ4n) is 4.99. The maximum absolute atomic E-state index is 12.2. The van der Waals surface area contributed by atoms with E-state index in [4.69, 9.17) is 0 Å². The van der Waals surface area contributed by atoms with E-state index >= 15 is 0 Å². The van der Waals surface area contributed by atoms with Gasteiger partial charge in [-0.3, -0.25) is 9.69 Å². The van der Waals surface area contributed by atoms with Crippen LogP contribution in [0.25, 0.3) is 0 Å². The largest absolute Gasteiger partial charge is 0.325 e. The summed E-state index contributed by atoms with van der Waals surface area (Å²) in [6.45, 7) is 9.71. The first-order chi connectivity index (χ1) is 12.4. The Hall–Kier alpha value is -1.39. The van der Waals surface area contributed by atoms with E-state index in [1.807, 2.05) is 30.3 Å². The highest BCUT2D eigenvalue weighted by atomic mass is 16.2. The molecule has 0 aromatic heterocycles. The SMILES string of the molecule is CC1CC(NC2CCN(CC(=O)Nc3ccccc3)CC2)CC(C)(C)C1. The average Bonchev–Trinajstić information content (AvgIpc) is 2.55. The number of anilines is 1. The zero-order valence-corrected chi connectivity index (χ0v) is 16.6. The summed E-state index contributed by atoms with van der Waals surface area (Å²) >= 11 is 0. The molecule has 1 aromatic rings. The zero-order valence-electron chi connectivity index (χ0n) is 16.6. The van der Waals surface area contributed by atoms with Crippen molar-refractivity contribution in [2.24, 2.45) is 11.3 Å². The highest BCUT2D eigenvalue weighted by molar-refractivity contribution is 5.92. The lowest BCUT2D eigenvalue weighted by Gasteiger charge is -2.42. The summed E-state index contributed by atoms with van der Waals surface area (Å²) in [4.78, 5) is 14.5. The Balaban J connectivity index is 1.39. The van der Waals surface area contributed by atoms with Gasteiger partial charge in [-0.15, -0.1) is 0 Å². The number of benzene rings is 1. The number of hydrogen-bond acceptors (Lipinski definition) is 3. The zero-order chi connectivity index (χ0) is 18.6. The van der Waals surface area contributed by atoms with E-state index in [0.717, 1.165) is 37.5 Å². The van der Waals surface area contributed by atoms with E-state index in [9.17, 15) is 4.79 Å². The number of nitrogens with zero attached hydrogens (tertiary/aromatic N) is 1. The molecule has 4 heteroatoms. The summed E-state index contributed by atoms with van der Waals surface area (Å²) in [6.07, 6.45) is 6.23. The van der Waals surface area contributed by atoms with Gasteiger partial charge in [-0.2, -0.15) is 0 Å². The van der Waals surface area contributed by atoms with E-state index in [1.54, 1.807) is 0 Å². The first kappa shape index (κ1) is 19.4. The third kappa shape index (κ3) is 5.82. The quantitative estimate of drug-likeness (QED) is 0.840. The Bertz CT molecular complexity index is 578. The molecule has 2 unspecified atom stereocenters. The molecule has 0 bridgehead atoms. The van der Waals surface area contributed by atoms with Crippen LogP contribution in [-0.4, -0.2) is 42.5 Å². The number of amides is 1. The number of nitrogens with one attached hydrogen (secondary N) is 2. The number of para-hydroxylation sites is 1. The molecule has 0 radical (unpaired) electrons. The van der Waals surface area contributed by atoms with Gasteiger partial charge >= 0.3 is 0 Å². The van der Waals surface area contributed by atoms with E-state index in [0.29, 0.717) is 24.0 Å². The van der Waals surface area contributed by atoms with Crippen molar-refractivity contribution in [2.75, 3.05) is 25.0 Å². The van der Waals surface area contributed by atoms with Crippen LogP contribution in [-0.2, 0) is 4.79 Å². The van der Waals surface area contributed by atoms with Crippen molar-refractivity contribution in [2.45, 2.75) is 65.0 Å². The Labute approximate surface area is 158 Å². The van der Waals surface area contributed by atoms with Crippen molar-refractivity contribution in [3.63, 3.8) is 0 Å². The van der Waals surface area contributed by atoms with Crippen LogP contribution in [0.1, 0.15) is 52.9 Å². The standard InChI is InChI=1S/C22H35N3O/c1-17-13-20(15-22(2,3)14-17)23-19-9-11-25(12-10-19)16-21(26)24-18-7-5-4-6-8-18/h4-8,17,19-20,23H,9-16H2,1-3H3,(H,24,26). The Morgan fingerprint density at radius 1 is 1.12 bits per heavy atom. The van der Waals surface area contributed by atoms with Crippen molar-refractivity contribution in [1.82, 2.24) is 10.2 Å². The molecule has 1 amide bonds. The third-order valence-corrected chi connectivity index (χ3v) is 5.87. The minimum Gasteiger partial charge on any atom is -0.325 e. The minimum atomic E-state index is 0.0884. The van der Waals surface area contributed by atoms with Gasteiger partial charge in [0.15, 0.2) is 0 Å². The molecular weight excluding hydrogens is 322 g/mol. The molecule has 0 spiro atoms. The van der Waals surface area contributed by atoms with Crippen LogP contribution in [0.5, 0.6) is 0 Å². The Morgan fingerprint density at radius 2 is 1.81 bits per heavy atom. The Kier molecular flexibility index (Phi) is 6.36. The third-order valence-electron chi connectivity index (χ3n) is 5.87. The smallest absolute Gasteiger partial charge is 0.238 e. The molecule has 2 aliphatic rings. The van der Waals surface area contributed by atoms with Crippen LogP contribution in [0.3, 0.4) is 0 Å². The number of carbonyl (C=O) groups excluding carboxylic acids is 1. The van der Waals surface area contributed by atoms with Crippen LogP contribution < -0.4 is 10.6 Å². The monoisotopic (exact) mass is 357 g/mol. The van der Waals surface area contributed by atoms with Crippen LogP contribution >= 0.6 is 0 Å². The lowest BCUT2D eigenvalue weighted by molar-refractivity contribution is -0.117. The molecule has 144 valence electrons. The molecule has 1 aromatic carbocycles. The van der Waals surface area contributed by atoms with Gasteiger partial charge in [0.1, 0.15) is 0 Å². The highest BCUT2D eigenvalue weighted by Crippen LogP contribution is 2.38. The second kappa shape index (κ2) is 8.53. The fourth-order valence-corrected chi connectivity index (χ4v) is 4.99. The van der Waals surface area contributed by atoms with Gasteiger partial charge in [0.25, 0.3) is 0 Å². The number of hydrogen-bond donors (Lipinski definition) is 2. The normalized spacial score (nSPS) is 27.2. The van der Waals surface area contributed by atoms with E-state index < -0.39 is 0 Å². The maximum Gasteiger partial charge on any atom is 0.238 e. The second-order valence-corrected chi connectivity index (χ2v) is 9.24. The minimum absolute atomic E-state index is 0.0884. The van der Waals surface area contributed by atoms with Gasteiger partial charge in [0, 0.05) is 30.9 Å². The molecule has 4 nitrogen and oxygen atoms in total. The van der Waals surface area contributed by atoms with Crippen LogP contribution in [0.4, 0.5) is 5.69 Å². The molecule has 2 N–H and O–H groups in total. The van der Waals surface area contributed by atoms with Gasteiger partial charge in [0.2, 0.25) is 5.91 Å². The molecule has 2 atom stereocenters. The second-order valence-electron chi connectivity index (χ2n) is 9.24.